The van der Waals surface area contributed by atoms with Crippen molar-refractivity contribution in [3.05, 3.63) is 102 Å². The van der Waals surface area contributed by atoms with E-state index in [1.807, 2.05) is 84.2 Å². The molecule has 0 aliphatic rings. The molecule has 0 N–H and O–H groups in total. The molecule has 0 fully saturated rings. The maximum atomic E-state index is 6.07. The molecule has 5 aromatic rings. The van der Waals surface area contributed by atoms with Gasteiger partial charge in [0.15, 0.2) is 5.65 Å². The fraction of sp³-hybridized carbons (Fsp3) is 0.111. The maximum absolute atomic E-state index is 6.07. The van der Waals surface area contributed by atoms with E-state index in [0.29, 0.717) is 6.61 Å². The first-order valence-corrected chi connectivity index (χ1v) is 10.5. The van der Waals surface area contributed by atoms with E-state index in [4.69, 9.17) is 19.6 Å². The van der Waals surface area contributed by atoms with E-state index < -0.39 is 0 Å². The van der Waals surface area contributed by atoms with Crippen LogP contribution in [-0.2, 0) is 6.61 Å². The maximum Gasteiger partial charge on any atom is 0.164 e. The summed E-state index contributed by atoms with van der Waals surface area (Å²) in [5.41, 5.74) is 6.64. The Morgan fingerprint density at radius 2 is 1.47 bits per heavy atom. The van der Waals surface area contributed by atoms with E-state index in [9.17, 15) is 0 Å². The summed E-state index contributed by atoms with van der Waals surface area (Å²) >= 11 is 0. The smallest absolute Gasteiger partial charge is 0.164 e. The van der Waals surface area contributed by atoms with Crippen LogP contribution in [0.2, 0.25) is 0 Å². The van der Waals surface area contributed by atoms with Crippen molar-refractivity contribution in [2.75, 3.05) is 7.11 Å². The van der Waals surface area contributed by atoms with Crippen LogP contribution in [0.5, 0.6) is 11.5 Å². The van der Waals surface area contributed by atoms with E-state index in [1.54, 1.807) is 7.11 Å². The summed E-state index contributed by atoms with van der Waals surface area (Å²) in [6.07, 6.45) is 0. The first kappa shape index (κ1) is 19.8. The van der Waals surface area contributed by atoms with Gasteiger partial charge in [0.05, 0.1) is 18.4 Å². The second-order valence-corrected chi connectivity index (χ2v) is 7.54. The largest absolute Gasteiger partial charge is 0.497 e. The van der Waals surface area contributed by atoms with Gasteiger partial charge in [-0.15, -0.1) is 0 Å². The lowest BCUT2D eigenvalue weighted by atomic mass is 10.1. The molecule has 5 rings (SSSR count). The first-order valence-electron chi connectivity index (χ1n) is 10.5. The van der Waals surface area contributed by atoms with Gasteiger partial charge in [0, 0.05) is 11.3 Å². The molecule has 0 amide bonds. The van der Waals surface area contributed by atoms with Crippen LogP contribution in [0.1, 0.15) is 11.4 Å². The molecular formula is C27H23N3O2. The molecule has 0 aliphatic carbocycles. The van der Waals surface area contributed by atoms with E-state index in [0.717, 1.165) is 50.9 Å². The van der Waals surface area contributed by atoms with E-state index >= 15 is 0 Å². The van der Waals surface area contributed by atoms with E-state index in [1.165, 1.54) is 0 Å². The number of nitrogens with zero attached hydrogens (tertiary/aromatic N) is 3. The second-order valence-electron chi connectivity index (χ2n) is 7.54. The summed E-state index contributed by atoms with van der Waals surface area (Å²) in [7, 11) is 1.67. The van der Waals surface area contributed by atoms with E-state index in [2.05, 4.69) is 18.2 Å². The van der Waals surface area contributed by atoms with Crippen molar-refractivity contribution in [3.63, 3.8) is 0 Å². The fourth-order valence-corrected chi connectivity index (χ4v) is 3.82. The number of para-hydroxylation sites is 1. The predicted molar refractivity (Wildman–Crippen MR) is 126 cm³/mol. The standard InChI is InChI=1S/C27H23N3O2/c1-19-17-25(20-13-15-22(31-2)16-14-20)30-27(28-19)26(21-9-5-3-6-10-21)24(29-30)18-32-23-11-7-4-8-12-23/h3-17H,18H2,1-2H3. The van der Waals surface area contributed by atoms with Crippen molar-refractivity contribution in [2.45, 2.75) is 13.5 Å². The fourth-order valence-electron chi connectivity index (χ4n) is 3.82. The molecule has 5 nitrogen and oxygen atoms in total. The highest BCUT2D eigenvalue weighted by molar-refractivity contribution is 5.82. The van der Waals surface area contributed by atoms with Gasteiger partial charge in [-0.1, -0.05) is 48.5 Å². The number of aromatic nitrogens is 3. The van der Waals surface area contributed by atoms with Crippen LogP contribution in [0, 0.1) is 6.92 Å². The molecule has 2 heterocycles. The van der Waals surface area contributed by atoms with Gasteiger partial charge in [0.1, 0.15) is 23.8 Å². The van der Waals surface area contributed by atoms with Gasteiger partial charge in [-0.2, -0.15) is 5.10 Å². The minimum absolute atomic E-state index is 0.346. The summed E-state index contributed by atoms with van der Waals surface area (Å²) in [5.74, 6) is 1.63. The molecule has 0 spiro atoms. The van der Waals surface area contributed by atoms with Crippen LogP contribution in [0.4, 0.5) is 0 Å². The molecule has 3 aromatic carbocycles. The van der Waals surface area contributed by atoms with Crippen molar-refractivity contribution < 1.29 is 9.47 Å². The van der Waals surface area contributed by atoms with Crippen molar-refractivity contribution in [2.24, 2.45) is 0 Å². The molecule has 0 unspecified atom stereocenters. The Morgan fingerprint density at radius 1 is 0.781 bits per heavy atom. The Kier molecular flexibility index (Phi) is 5.30. The van der Waals surface area contributed by atoms with E-state index in [-0.39, 0.29) is 0 Å². The minimum Gasteiger partial charge on any atom is -0.497 e. The molecular weight excluding hydrogens is 398 g/mol. The lowest BCUT2D eigenvalue weighted by Crippen LogP contribution is -2.00. The Morgan fingerprint density at radius 3 is 2.16 bits per heavy atom. The van der Waals surface area contributed by atoms with Crippen molar-refractivity contribution in [3.8, 4) is 33.9 Å². The third-order valence-electron chi connectivity index (χ3n) is 5.36. The van der Waals surface area contributed by atoms with Gasteiger partial charge in [0.2, 0.25) is 0 Å². The zero-order chi connectivity index (χ0) is 21.9. The normalized spacial score (nSPS) is 10.9. The highest BCUT2D eigenvalue weighted by Crippen LogP contribution is 2.32. The van der Waals surface area contributed by atoms with Crippen molar-refractivity contribution >= 4 is 5.65 Å². The van der Waals surface area contributed by atoms with Gasteiger partial charge >= 0.3 is 0 Å². The average Bonchev–Trinajstić information content (AvgIpc) is 3.21. The Hall–Kier alpha value is -4.12. The Balaban J connectivity index is 1.67. The molecule has 0 aliphatic heterocycles. The molecule has 0 bridgehead atoms. The summed E-state index contributed by atoms with van der Waals surface area (Å²) < 4.78 is 13.3. The van der Waals surface area contributed by atoms with Gasteiger partial charge in [0.25, 0.3) is 0 Å². The van der Waals surface area contributed by atoms with Crippen LogP contribution in [0.15, 0.2) is 91.0 Å². The summed E-state index contributed by atoms with van der Waals surface area (Å²) in [5, 5.41) is 4.96. The number of methoxy groups -OCH3 is 1. The molecule has 32 heavy (non-hydrogen) atoms. The molecule has 2 aromatic heterocycles. The van der Waals surface area contributed by atoms with Gasteiger partial charge < -0.3 is 9.47 Å². The first-order chi connectivity index (χ1) is 15.7. The van der Waals surface area contributed by atoms with Gasteiger partial charge in [-0.25, -0.2) is 9.50 Å². The molecule has 0 saturated carbocycles. The molecule has 0 radical (unpaired) electrons. The molecule has 0 saturated heterocycles. The van der Waals surface area contributed by atoms with Crippen LogP contribution in [0.25, 0.3) is 28.0 Å². The zero-order valence-corrected chi connectivity index (χ0v) is 18.0. The lowest BCUT2D eigenvalue weighted by Gasteiger charge is -2.08. The lowest BCUT2D eigenvalue weighted by molar-refractivity contribution is 0.301. The Labute approximate surface area is 186 Å². The summed E-state index contributed by atoms with van der Waals surface area (Å²) in [6, 6.07) is 30.1. The van der Waals surface area contributed by atoms with Crippen LogP contribution in [0.3, 0.4) is 0 Å². The van der Waals surface area contributed by atoms with Gasteiger partial charge in [-0.3, -0.25) is 0 Å². The van der Waals surface area contributed by atoms with Gasteiger partial charge in [-0.05, 0) is 55.0 Å². The van der Waals surface area contributed by atoms with Crippen LogP contribution < -0.4 is 9.47 Å². The summed E-state index contributed by atoms with van der Waals surface area (Å²) in [4.78, 5) is 4.87. The molecule has 158 valence electrons. The third-order valence-corrected chi connectivity index (χ3v) is 5.36. The monoisotopic (exact) mass is 421 g/mol. The zero-order valence-electron chi connectivity index (χ0n) is 18.0. The number of hydrogen-bond donors (Lipinski definition) is 0. The number of hydrogen-bond acceptors (Lipinski definition) is 4. The molecule has 0 atom stereocenters. The second kappa shape index (κ2) is 8.55. The Bertz CT molecular complexity index is 1350. The number of ether oxygens (including phenoxy) is 2. The van der Waals surface area contributed by atoms with Crippen molar-refractivity contribution in [1.82, 2.24) is 14.6 Å². The topological polar surface area (TPSA) is 48.7 Å². The van der Waals surface area contributed by atoms with Crippen molar-refractivity contribution in [1.29, 1.82) is 0 Å². The highest BCUT2D eigenvalue weighted by Gasteiger charge is 2.19. The molecule has 5 heteroatoms. The average molecular weight is 422 g/mol. The number of benzene rings is 3. The number of fused-ring (bicyclic) bond motifs is 1. The van der Waals surface area contributed by atoms with Crippen LogP contribution >= 0.6 is 0 Å². The summed E-state index contributed by atoms with van der Waals surface area (Å²) in [6.45, 7) is 2.35. The number of aryl methyl sites for hydroxylation is 1. The SMILES string of the molecule is COc1ccc(-c2cc(C)nc3c(-c4ccccc4)c(COc4ccccc4)nn23)cc1. The van der Waals surface area contributed by atoms with Crippen LogP contribution in [-0.4, -0.2) is 21.7 Å². The predicted octanol–water partition coefficient (Wildman–Crippen LogP) is 5.96. The number of rotatable bonds is 6. The highest BCUT2D eigenvalue weighted by atomic mass is 16.5. The third kappa shape index (κ3) is 3.81. The minimum atomic E-state index is 0.346. The quantitative estimate of drug-likeness (QED) is 0.339.